The summed E-state index contributed by atoms with van der Waals surface area (Å²) >= 11 is 0. The van der Waals surface area contributed by atoms with Gasteiger partial charge in [0.25, 0.3) is 0 Å². The zero-order valence-corrected chi connectivity index (χ0v) is 11.9. The van der Waals surface area contributed by atoms with E-state index in [4.69, 9.17) is 0 Å². The summed E-state index contributed by atoms with van der Waals surface area (Å²) in [5.74, 6) is 0.0135. The summed E-state index contributed by atoms with van der Waals surface area (Å²) < 4.78 is 0. The molecule has 0 aromatic heterocycles. The highest BCUT2D eigenvalue weighted by Gasteiger charge is 2.56. The van der Waals surface area contributed by atoms with Crippen molar-refractivity contribution in [3.05, 3.63) is 11.1 Å². The second-order valence-electron chi connectivity index (χ2n) is 6.99. The fourth-order valence-corrected chi connectivity index (χ4v) is 4.64. The Labute approximate surface area is 110 Å². The minimum atomic E-state index is -0.831. The van der Waals surface area contributed by atoms with Crippen LogP contribution in [0.3, 0.4) is 0 Å². The van der Waals surface area contributed by atoms with Crippen molar-refractivity contribution in [1.29, 1.82) is 0 Å². The Kier molecular flexibility index (Phi) is 3.37. The van der Waals surface area contributed by atoms with Crippen LogP contribution in [0.1, 0.15) is 47.0 Å². The number of hydrogen-bond donors (Lipinski definition) is 3. The summed E-state index contributed by atoms with van der Waals surface area (Å²) in [6.07, 6.45) is 1.61. The van der Waals surface area contributed by atoms with Gasteiger partial charge in [0.1, 0.15) is 6.10 Å². The number of fused-ring (bicyclic) bond motifs is 1. The molecule has 4 atom stereocenters. The van der Waals surface area contributed by atoms with Crippen molar-refractivity contribution in [2.45, 2.75) is 59.2 Å². The van der Waals surface area contributed by atoms with E-state index in [-0.39, 0.29) is 23.4 Å². The first-order valence-electron chi connectivity index (χ1n) is 6.93. The number of aliphatic hydroxyl groups is 3. The van der Waals surface area contributed by atoms with Crippen molar-refractivity contribution in [3.8, 4) is 0 Å². The average molecular weight is 254 g/mol. The molecule has 104 valence electrons. The van der Waals surface area contributed by atoms with E-state index in [1.54, 1.807) is 0 Å². The molecular formula is C15H26O3. The smallest absolute Gasteiger partial charge is 0.101 e. The van der Waals surface area contributed by atoms with E-state index in [0.29, 0.717) is 0 Å². The molecule has 18 heavy (non-hydrogen) atoms. The molecule has 3 N–H and O–H groups in total. The fourth-order valence-electron chi connectivity index (χ4n) is 4.64. The number of aliphatic hydroxyl groups excluding tert-OH is 3. The molecule has 0 amide bonds. The molecule has 1 fully saturated rings. The first-order chi connectivity index (χ1) is 8.25. The van der Waals surface area contributed by atoms with Crippen LogP contribution in [0.5, 0.6) is 0 Å². The molecule has 0 aromatic carbocycles. The normalized spacial score (nSPS) is 43.8. The Morgan fingerprint density at radius 3 is 2.33 bits per heavy atom. The van der Waals surface area contributed by atoms with Gasteiger partial charge in [-0.25, -0.2) is 0 Å². The van der Waals surface area contributed by atoms with Crippen LogP contribution in [-0.4, -0.2) is 34.1 Å². The van der Waals surface area contributed by atoms with Gasteiger partial charge >= 0.3 is 0 Å². The predicted octanol–water partition coefficient (Wildman–Crippen LogP) is 1.86. The van der Waals surface area contributed by atoms with E-state index in [1.807, 2.05) is 6.92 Å². The highest BCUT2D eigenvalue weighted by molar-refractivity contribution is 5.32. The summed E-state index contributed by atoms with van der Waals surface area (Å²) in [4.78, 5) is 0. The lowest BCUT2D eigenvalue weighted by atomic mass is 9.49. The minimum absolute atomic E-state index is 0.00544. The molecule has 0 bridgehead atoms. The molecular weight excluding hydrogens is 228 g/mol. The minimum Gasteiger partial charge on any atom is -0.392 e. The van der Waals surface area contributed by atoms with E-state index in [2.05, 4.69) is 20.8 Å². The third kappa shape index (κ3) is 1.75. The fraction of sp³-hybridized carbons (Fsp3) is 0.867. The van der Waals surface area contributed by atoms with Crippen molar-refractivity contribution in [1.82, 2.24) is 0 Å². The van der Waals surface area contributed by atoms with Crippen LogP contribution >= 0.6 is 0 Å². The Morgan fingerprint density at radius 2 is 1.78 bits per heavy atom. The number of hydrogen-bond acceptors (Lipinski definition) is 3. The molecule has 2 rings (SSSR count). The first-order valence-corrected chi connectivity index (χ1v) is 6.93. The molecule has 1 saturated carbocycles. The first kappa shape index (κ1) is 14.0. The molecule has 2 aliphatic rings. The van der Waals surface area contributed by atoms with Crippen LogP contribution in [-0.2, 0) is 0 Å². The quantitative estimate of drug-likeness (QED) is 0.626. The topological polar surface area (TPSA) is 60.7 Å². The van der Waals surface area contributed by atoms with E-state index in [0.717, 1.165) is 30.4 Å². The molecule has 0 aromatic rings. The van der Waals surface area contributed by atoms with Crippen molar-refractivity contribution in [2.75, 3.05) is 6.61 Å². The van der Waals surface area contributed by atoms with Crippen LogP contribution in [0, 0.1) is 16.7 Å². The van der Waals surface area contributed by atoms with Crippen molar-refractivity contribution < 1.29 is 15.3 Å². The van der Waals surface area contributed by atoms with Gasteiger partial charge in [-0.3, -0.25) is 0 Å². The maximum absolute atomic E-state index is 10.5. The maximum atomic E-state index is 10.5. The third-order valence-corrected chi connectivity index (χ3v) is 5.48. The summed E-state index contributed by atoms with van der Waals surface area (Å²) in [5, 5.41) is 30.4. The zero-order valence-electron chi connectivity index (χ0n) is 11.9. The summed E-state index contributed by atoms with van der Waals surface area (Å²) in [7, 11) is 0. The molecule has 0 spiro atoms. The van der Waals surface area contributed by atoms with Gasteiger partial charge < -0.3 is 15.3 Å². The van der Waals surface area contributed by atoms with Crippen LogP contribution in [0.2, 0.25) is 0 Å². The Morgan fingerprint density at radius 1 is 1.17 bits per heavy atom. The molecule has 0 aliphatic heterocycles. The van der Waals surface area contributed by atoms with Crippen LogP contribution in [0.4, 0.5) is 0 Å². The maximum Gasteiger partial charge on any atom is 0.101 e. The molecule has 0 radical (unpaired) electrons. The second kappa shape index (κ2) is 4.32. The summed E-state index contributed by atoms with van der Waals surface area (Å²) in [6.45, 7) is 8.30. The van der Waals surface area contributed by atoms with Crippen LogP contribution in [0.25, 0.3) is 0 Å². The number of rotatable bonds is 1. The Bertz CT molecular complexity index is 372. The largest absolute Gasteiger partial charge is 0.392 e. The average Bonchev–Trinajstić information content (AvgIpc) is 2.25. The molecule has 3 nitrogen and oxygen atoms in total. The van der Waals surface area contributed by atoms with Crippen molar-refractivity contribution in [3.63, 3.8) is 0 Å². The molecule has 3 heteroatoms. The van der Waals surface area contributed by atoms with Gasteiger partial charge in [0.15, 0.2) is 0 Å². The predicted molar refractivity (Wildman–Crippen MR) is 71.0 cm³/mol. The molecule has 2 aliphatic carbocycles. The van der Waals surface area contributed by atoms with Gasteiger partial charge in [0.2, 0.25) is 0 Å². The van der Waals surface area contributed by atoms with E-state index >= 15 is 0 Å². The summed E-state index contributed by atoms with van der Waals surface area (Å²) in [6, 6.07) is 0. The van der Waals surface area contributed by atoms with Crippen LogP contribution in [0.15, 0.2) is 11.1 Å². The van der Waals surface area contributed by atoms with Gasteiger partial charge in [0, 0.05) is 5.92 Å². The molecule has 0 saturated heterocycles. The highest BCUT2D eigenvalue weighted by atomic mass is 16.3. The zero-order chi connectivity index (χ0) is 13.7. The van der Waals surface area contributed by atoms with E-state index in [1.165, 1.54) is 0 Å². The van der Waals surface area contributed by atoms with Gasteiger partial charge in [-0.2, -0.15) is 0 Å². The SMILES string of the molecule is CC1=C(CO)[C@]2(C)CCCC(C)(C)[C@@H]2[C@H](O)[C@@H]1O. The Hall–Kier alpha value is -0.380. The van der Waals surface area contributed by atoms with Gasteiger partial charge in [-0.1, -0.05) is 27.2 Å². The van der Waals surface area contributed by atoms with Crippen molar-refractivity contribution in [2.24, 2.45) is 16.7 Å². The second-order valence-corrected chi connectivity index (χ2v) is 6.99. The standard InChI is InChI=1S/C15H26O3/c1-9-10(8-16)15(4)7-5-6-14(2,3)13(15)12(18)11(9)17/h11-13,16-18H,5-8H2,1-4H3/t11-,12-,13+,15+/m1/s1. The van der Waals surface area contributed by atoms with Gasteiger partial charge in [0.05, 0.1) is 12.7 Å². The lowest BCUT2D eigenvalue weighted by Gasteiger charge is -2.57. The van der Waals surface area contributed by atoms with Crippen LogP contribution < -0.4 is 0 Å². The molecule has 0 unspecified atom stereocenters. The Balaban J connectivity index is 2.57. The molecule has 0 heterocycles. The van der Waals surface area contributed by atoms with E-state index in [9.17, 15) is 15.3 Å². The monoisotopic (exact) mass is 254 g/mol. The van der Waals surface area contributed by atoms with E-state index < -0.39 is 12.2 Å². The van der Waals surface area contributed by atoms with Gasteiger partial charge in [-0.15, -0.1) is 0 Å². The highest BCUT2D eigenvalue weighted by Crippen LogP contribution is 2.59. The van der Waals surface area contributed by atoms with Gasteiger partial charge in [-0.05, 0) is 41.7 Å². The lowest BCUT2D eigenvalue weighted by Crippen LogP contribution is -2.57. The third-order valence-electron chi connectivity index (χ3n) is 5.48. The lowest BCUT2D eigenvalue weighted by molar-refractivity contribution is -0.118. The van der Waals surface area contributed by atoms with Crippen molar-refractivity contribution >= 4 is 0 Å². The summed E-state index contributed by atoms with van der Waals surface area (Å²) in [5.41, 5.74) is 1.52.